The maximum absolute atomic E-state index is 13.4. The number of carbonyl (C=O) groups is 2. The van der Waals surface area contributed by atoms with E-state index in [1.54, 1.807) is 11.8 Å². The van der Waals surface area contributed by atoms with Crippen LogP contribution in [-0.4, -0.2) is 84.3 Å². The lowest BCUT2D eigenvalue weighted by molar-refractivity contribution is -0.138. The Balaban J connectivity index is 1.23. The molecule has 3 aliphatic rings. The molecule has 2 aromatic heterocycles. The number of pyridine rings is 1. The molecule has 5 rings (SSSR count). The van der Waals surface area contributed by atoms with E-state index in [9.17, 15) is 14.7 Å². The quantitative estimate of drug-likeness (QED) is 0.590. The van der Waals surface area contributed by atoms with Gasteiger partial charge in [-0.3, -0.25) is 9.69 Å². The number of nitrogens with zero attached hydrogens (tertiary/aromatic N) is 7. The molecule has 0 unspecified atom stereocenters. The summed E-state index contributed by atoms with van der Waals surface area (Å²) >= 11 is 0. The van der Waals surface area contributed by atoms with Gasteiger partial charge in [-0.15, -0.1) is 5.10 Å². The lowest BCUT2D eigenvalue weighted by Crippen LogP contribution is -2.44. The highest BCUT2D eigenvalue weighted by atomic mass is 16.5. The summed E-state index contributed by atoms with van der Waals surface area (Å²) in [6.45, 7) is 3.89. The number of esters is 1. The van der Waals surface area contributed by atoms with Gasteiger partial charge in [-0.05, 0) is 61.1 Å². The van der Waals surface area contributed by atoms with Crippen LogP contribution in [0.1, 0.15) is 44.6 Å². The third-order valence-corrected chi connectivity index (χ3v) is 7.51. The maximum atomic E-state index is 13.4. The maximum Gasteiger partial charge on any atom is 0.336 e. The van der Waals surface area contributed by atoms with Crippen molar-refractivity contribution in [2.24, 2.45) is 5.41 Å². The van der Waals surface area contributed by atoms with Crippen LogP contribution in [0.4, 0.5) is 0 Å². The van der Waals surface area contributed by atoms with Crippen LogP contribution in [0.3, 0.4) is 0 Å². The molecule has 1 saturated carbocycles. The Labute approximate surface area is 197 Å². The fourth-order valence-corrected chi connectivity index (χ4v) is 5.48. The van der Waals surface area contributed by atoms with Crippen molar-refractivity contribution in [3.63, 3.8) is 0 Å². The van der Waals surface area contributed by atoms with Gasteiger partial charge in [0.05, 0.1) is 23.3 Å². The van der Waals surface area contributed by atoms with Crippen LogP contribution in [0, 0.1) is 5.41 Å². The van der Waals surface area contributed by atoms with E-state index in [4.69, 9.17) is 4.74 Å². The second kappa shape index (κ2) is 9.22. The second-order valence-corrected chi connectivity index (χ2v) is 9.34. The number of aliphatic hydroxyl groups is 1. The molecule has 1 spiro atoms. The highest BCUT2D eigenvalue weighted by Gasteiger charge is 2.50. The number of aliphatic hydroxyl groups excluding tert-OH is 1. The van der Waals surface area contributed by atoms with Gasteiger partial charge in [0, 0.05) is 31.9 Å². The average Bonchev–Trinajstić information content (AvgIpc) is 3.57. The third-order valence-electron chi connectivity index (χ3n) is 7.51. The first-order chi connectivity index (χ1) is 16.5. The molecule has 2 aromatic rings. The van der Waals surface area contributed by atoms with Gasteiger partial charge in [0.1, 0.15) is 12.9 Å². The van der Waals surface area contributed by atoms with Crippen molar-refractivity contribution in [3.05, 3.63) is 41.5 Å². The zero-order valence-electron chi connectivity index (χ0n) is 19.3. The van der Waals surface area contributed by atoms with Crippen LogP contribution < -0.4 is 0 Å². The normalized spacial score (nSPS) is 25.1. The van der Waals surface area contributed by atoms with Crippen molar-refractivity contribution < 1.29 is 19.4 Å². The Kier molecular flexibility index (Phi) is 6.13. The van der Waals surface area contributed by atoms with Gasteiger partial charge in [0.15, 0.2) is 5.82 Å². The van der Waals surface area contributed by atoms with Gasteiger partial charge in [0.25, 0.3) is 0 Å². The Morgan fingerprint density at radius 2 is 2.06 bits per heavy atom. The average molecular weight is 468 g/mol. The summed E-state index contributed by atoms with van der Waals surface area (Å²) in [5, 5.41) is 20.8. The van der Waals surface area contributed by atoms with E-state index in [0.717, 1.165) is 43.4 Å². The molecule has 4 heterocycles. The van der Waals surface area contributed by atoms with Crippen LogP contribution in [0.5, 0.6) is 0 Å². The number of tetrazole rings is 1. The third kappa shape index (κ3) is 4.09. The number of hydrogen-bond donors (Lipinski definition) is 1. The molecule has 0 bridgehead atoms. The molecule has 11 heteroatoms. The van der Waals surface area contributed by atoms with E-state index < -0.39 is 0 Å². The van der Waals surface area contributed by atoms with Crippen LogP contribution in [0.25, 0.3) is 5.82 Å². The van der Waals surface area contributed by atoms with Crippen LogP contribution >= 0.6 is 0 Å². The molecule has 1 aliphatic carbocycles. The standard InChI is InChI=1S/C23H29N7O4/c1-16-19(14-34-21(16)32)29-9-8-23(22(29)33)6-4-18(5-7-23)28(10-11-31)13-17-2-3-20(24-12-17)30-15-25-26-27-30/h2-3,12,15,18,31H,4-11,13-14H2,1H3. The minimum Gasteiger partial charge on any atom is -0.456 e. The predicted molar refractivity (Wildman–Crippen MR) is 119 cm³/mol. The van der Waals surface area contributed by atoms with E-state index in [1.807, 2.05) is 18.3 Å². The topological polar surface area (TPSA) is 127 Å². The van der Waals surface area contributed by atoms with Crippen molar-refractivity contribution in [3.8, 4) is 5.82 Å². The predicted octanol–water partition coefficient (Wildman–Crippen LogP) is 0.844. The number of aromatic nitrogens is 5. The van der Waals surface area contributed by atoms with E-state index in [2.05, 4.69) is 25.4 Å². The molecule has 0 radical (unpaired) electrons. The molecule has 0 atom stereocenters. The van der Waals surface area contributed by atoms with Crippen LogP contribution in [-0.2, 0) is 20.9 Å². The second-order valence-electron chi connectivity index (χ2n) is 9.34. The summed E-state index contributed by atoms with van der Waals surface area (Å²) in [7, 11) is 0. The minimum absolute atomic E-state index is 0.0753. The number of carbonyl (C=O) groups excluding carboxylic acids is 2. The lowest BCUT2D eigenvalue weighted by Gasteiger charge is -2.40. The first-order valence-electron chi connectivity index (χ1n) is 11.7. The van der Waals surface area contributed by atoms with Gasteiger partial charge in [0.2, 0.25) is 5.91 Å². The minimum atomic E-state index is -0.352. The highest BCUT2D eigenvalue weighted by Crippen LogP contribution is 2.47. The monoisotopic (exact) mass is 467 g/mol. The number of amides is 1. The van der Waals surface area contributed by atoms with Crippen molar-refractivity contribution in [2.45, 2.75) is 51.6 Å². The zero-order chi connectivity index (χ0) is 23.7. The summed E-state index contributed by atoms with van der Waals surface area (Å²) in [6.07, 6.45) is 7.53. The number of hydrogen-bond acceptors (Lipinski definition) is 9. The first-order valence-corrected chi connectivity index (χ1v) is 11.7. The van der Waals surface area contributed by atoms with E-state index in [-0.39, 0.29) is 36.5 Å². The van der Waals surface area contributed by atoms with Gasteiger partial charge >= 0.3 is 5.97 Å². The fourth-order valence-electron chi connectivity index (χ4n) is 5.48. The summed E-state index contributed by atoms with van der Waals surface area (Å²) in [5.41, 5.74) is 1.97. The van der Waals surface area contributed by atoms with Crippen molar-refractivity contribution in [2.75, 3.05) is 26.3 Å². The molecule has 34 heavy (non-hydrogen) atoms. The van der Waals surface area contributed by atoms with Crippen molar-refractivity contribution in [1.29, 1.82) is 0 Å². The molecule has 1 N–H and O–H groups in total. The number of rotatable bonds is 7. The molecular weight excluding hydrogens is 438 g/mol. The van der Waals surface area contributed by atoms with E-state index in [1.165, 1.54) is 11.0 Å². The number of likely N-dealkylation sites (tertiary alicyclic amines) is 1. The molecule has 180 valence electrons. The molecule has 11 nitrogen and oxygen atoms in total. The van der Waals surface area contributed by atoms with Crippen molar-refractivity contribution >= 4 is 11.9 Å². The molecule has 0 aromatic carbocycles. The summed E-state index contributed by atoms with van der Waals surface area (Å²) in [5.74, 6) is 0.452. The number of cyclic esters (lactones) is 1. The van der Waals surface area contributed by atoms with Crippen molar-refractivity contribution in [1.82, 2.24) is 35.0 Å². The molecule has 2 aliphatic heterocycles. The van der Waals surface area contributed by atoms with E-state index in [0.29, 0.717) is 31.0 Å². The smallest absolute Gasteiger partial charge is 0.336 e. The highest BCUT2D eigenvalue weighted by molar-refractivity contribution is 5.94. The Bertz CT molecular complexity index is 1080. The van der Waals surface area contributed by atoms with E-state index >= 15 is 0 Å². The molecular formula is C23H29N7O4. The summed E-state index contributed by atoms with van der Waals surface area (Å²) in [6, 6.07) is 4.16. The SMILES string of the molecule is CC1=C(N2CCC3(CCC(N(CCO)Cc4ccc(-n5cnnn5)nc4)CC3)C2=O)COC1=O. The lowest BCUT2D eigenvalue weighted by atomic mass is 9.71. The fraction of sp³-hybridized carbons (Fsp3) is 0.565. The van der Waals surface area contributed by atoms with Gasteiger partial charge < -0.3 is 14.7 Å². The molecule has 1 saturated heterocycles. The van der Waals surface area contributed by atoms with Crippen LogP contribution in [0.15, 0.2) is 35.9 Å². The largest absolute Gasteiger partial charge is 0.456 e. The van der Waals surface area contributed by atoms with Crippen LogP contribution in [0.2, 0.25) is 0 Å². The summed E-state index contributed by atoms with van der Waals surface area (Å²) < 4.78 is 6.62. The first kappa shape index (κ1) is 22.6. The Hall–Kier alpha value is -3.18. The summed E-state index contributed by atoms with van der Waals surface area (Å²) in [4.78, 5) is 33.7. The van der Waals surface area contributed by atoms with Gasteiger partial charge in [-0.25, -0.2) is 9.78 Å². The Morgan fingerprint density at radius 3 is 2.68 bits per heavy atom. The van der Waals surface area contributed by atoms with Gasteiger partial charge in [-0.2, -0.15) is 4.68 Å². The van der Waals surface area contributed by atoms with Gasteiger partial charge in [-0.1, -0.05) is 6.07 Å². The number of ether oxygens (including phenoxy) is 1. The molecule has 2 fully saturated rings. The molecule has 1 amide bonds. The Morgan fingerprint density at radius 1 is 1.24 bits per heavy atom. The zero-order valence-corrected chi connectivity index (χ0v) is 19.3.